The van der Waals surface area contributed by atoms with E-state index in [0.29, 0.717) is 18.1 Å². The summed E-state index contributed by atoms with van der Waals surface area (Å²) in [4.78, 5) is 4.42. The van der Waals surface area contributed by atoms with Crippen LogP contribution in [-0.4, -0.2) is 30.2 Å². The Hall–Kier alpha value is -1.32. The smallest absolute Gasteiger partial charge is 0.191 e. The topological polar surface area (TPSA) is 69.8 Å². The molecule has 2 rings (SSSR count). The third kappa shape index (κ3) is 8.06. The molecule has 8 heteroatoms. The number of hydrogen-bond donors (Lipinski definition) is 3. The third-order valence-corrected chi connectivity index (χ3v) is 4.30. The van der Waals surface area contributed by atoms with E-state index in [1.165, 1.54) is 12.1 Å². The molecule has 0 amide bonds. The number of aliphatic hydroxyl groups is 1. The molecule has 0 bridgehead atoms. The number of furan rings is 1. The van der Waals surface area contributed by atoms with Gasteiger partial charge in [-0.3, -0.25) is 4.99 Å². The summed E-state index contributed by atoms with van der Waals surface area (Å²) < 4.78 is 18.9. The Bertz CT molecular complexity index is 713. The van der Waals surface area contributed by atoms with Gasteiger partial charge >= 0.3 is 0 Å². The van der Waals surface area contributed by atoms with Crippen LogP contribution in [-0.2, 0) is 6.42 Å². The Balaban J connectivity index is 0.00000364. The lowest BCUT2D eigenvalue weighted by Crippen LogP contribution is -2.43. The molecule has 1 aromatic carbocycles. The van der Waals surface area contributed by atoms with Crippen LogP contribution in [0.5, 0.6) is 0 Å². The summed E-state index contributed by atoms with van der Waals surface area (Å²) in [6.07, 6.45) is 2.38. The van der Waals surface area contributed by atoms with Gasteiger partial charge in [-0.05, 0) is 43.2 Å². The molecule has 1 heterocycles. The van der Waals surface area contributed by atoms with E-state index in [1.807, 2.05) is 12.1 Å². The first-order valence-corrected chi connectivity index (χ1v) is 9.07. The highest BCUT2D eigenvalue weighted by Gasteiger charge is 2.11. The van der Waals surface area contributed by atoms with Crippen molar-refractivity contribution in [3.8, 4) is 0 Å². The molecule has 0 aliphatic carbocycles. The van der Waals surface area contributed by atoms with Gasteiger partial charge in [0.25, 0.3) is 0 Å². The van der Waals surface area contributed by atoms with Gasteiger partial charge in [-0.1, -0.05) is 24.6 Å². The molecule has 5 nitrogen and oxygen atoms in total. The Morgan fingerprint density at radius 3 is 2.78 bits per heavy atom. The Labute approximate surface area is 181 Å². The maximum Gasteiger partial charge on any atom is 0.191 e. The zero-order chi connectivity index (χ0) is 18.9. The van der Waals surface area contributed by atoms with Crippen molar-refractivity contribution in [1.29, 1.82) is 0 Å². The van der Waals surface area contributed by atoms with Gasteiger partial charge in [0, 0.05) is 19.0 Å². The minimum atomic E-state index is -0.914. The number of nitrogens with one attached hydrogen (secondary N) is 2. The van der Waals surface area contributed by atoms with E-state index in [4.69, 9.17) is 16.0 Å². The fourth-order valence-electron chi connectivity index (χ4n) is 2.25. The number of aliphatic hydroxyl groups excluding tert-OH is 1. The highest BCUT2D eigenvalue weighted by molar-refractivity contribution is 14.0. The second-order valence-electron chi connectivity index (χ2n) is 6.09. The average molecular weight is 510 g/mol. The van der Waals surface area contributed by atoms with Crippen LogP contribution in [0.3, 0.4) is 0 Å². The summed E-state index contributed by atoms with van der Waals surface area (Å²) in [5, 5.41) is 16.8. The van der Waals surface area contributed by atoms with Crippen molar-refractivity contribution >= 4 is 41.5 Å². The monoisotopic (exact) mass is 509 g/mol. The zero-order valence-electron chi connectivity index (χ0n) is 15.4. The number of hydrogen-bond acceptors (Lipinski definition) is 3. The number of guanidine groups is 1. The third-order valence-electron chi connectivity index (χ3n) is 3.99. The van der Waals surface area contributed by atoms with Gasteiger partial charge in [0.05, 0.1) is 23.9 Å². The Morgan fingerprint density at radius 2 is 2.15 bits per heavy atom. The predicted octanol–water partition coefficient (Wildman–Crippen LogP) is 4.30. The van der Waals surface area contributed by atoms with Crippen LogP contribution in [0.2, 0.25) is 5.02 Å². The van der Waals surface area contributed by atoms with Crippen molar-refractivity contribution in [2.45, 2.75) is 38.8 Å². The number of nitrogens with zero attached hydrogens (tertiary/aromatic N) is 1. The van der Waals surface area contributed by atoms with E-state index >= 15 is 0 Å². The molecule has 1 aromatic heterocycles. The summed E-state index contributed by atoms with van der Waals surface area (Å²) in [7, 11) is 0. The van der Waals surface area contributed by atoms with Gasteiger partial charge in [0.1, 0.15) is 11.6 Å². The average Bonchev–Trinajstić information content (AvgIpc) is 3.14. The van der Waals surface area contributed by atoms with E-state index in [0.717, 1.165) is 18.6 Å². The van der Waals surface area contributed by atoms with Crippen LogP contribution in [0.4, 0.5) is 4.39 Å². The fraction of sp³-hybridized carbons (Fsp3) is 0.421. The summed E-state index contributed by atoms with van der Waals surface area (Å²) >= 11 is 5.67. The van der Waals surface area contributed by atoms with Crippen molar-refractivity contribution in [1.82, 2.24) is 10.6 Å². The normalized spacial score (nSPS) is 13.6. The van der Waals surface area contributed by atoms with E-state index in [1.54, 1.807) is 12.3 Å². The van der Waals surface area contributed by atoms with Gasteiger partial charge in [-0.25, -0.2) is 4.39 Å². The summed E-state index contributed by atoms with van der Waals surface area (Å²) in [5.74, 6) is 0.929. The van der Waals surface area contributed by atoms with Crippen LogP contribution >= 0.6 is 35.6 Å². The van der Waals surface area contributed by atoms with Crippen molar-refractivity contribution in [2.75, 3.05) is 13.1 Å². The molecule has 0 saturated carbocycles. The van der Waals surface area contributed by atoms with Gasteiger partial charge in [0.15, 0.2) is 5.96 Å². The minimum absolute atomic E-state index is 0. The summed E-state index contributed by atoms with van der Waals surface area (Å²) in [6.45, 7) is 4.87. The van der Waals surface area contributed by atoms with E-state index in [2.05, 4.69) is 29.5 Å². The molecule has 27 heavy (non-hydrogen) atoms. The molecule has 0 fully saturated rings. The first-order chi connectivity index (χ1) is 12.5. The maximum absolute atomic E-state index is 13.5. The van der Waals surface area contributed by atoms with Crippen LogP contribution in [0.25, 0.3) is 0 Å². The standard InChI is InChI=1S/C19H25ClFN3O2.HI/c1-3-13(2)24-19(22-9-8-15-5-4-10-26-15)23-12-18(25)14-6-7-16(20)17(21)11-14;/h4-7,10-11,13,18,25H,3,8-9,12H2,1-2H3,(H2,22,23,24);1H. The van der Waals surface area contributed by atoms with Gasteiger partial charge in [-0.15, -0.1) is 24.0 Å². The zero-order valence-corrected chi connectivity index (χ0v) is 18.5. The van der Waals surface area contributed by atoms with Crippen LogP contribution in [0.15, 0.2) is 46.0 Å². The molecule has 2 unspecified atom stereocenters. The summed E-state index contributed by atoms with van der Waals surface area (Å²) in [5.41, 5.74) is 0.439. The van der Waals surface area contributed by atoms with Crippen molar-refractivity contribution < 1.29 is 13.9 Å². The Morgan fingerprint density at radius 1 is 1.37 bits per heavy atom. The van der Waals surface area contributed by atoms with Crippen LogP contribution in [0, 0.1) is 5.82 Å². The highest BCUT2D eigenvalue weighted by atomic mass is 127. The number of aliphatic imine (C=N–C) groups is 1. The molecule has 3 N–H and O–H groups in total. The lowest BCUT2D eigenvalue weighted by atomic mass is 10.1. The minimum Gasteiger partial charge on any atom is -0.469 e. The van der Waals surface area contributed by atoms with E-state index in [-0.39, 0.29) is 41.6 Å². The second kappa shape index (κ2) is 12.2. The largest absolute Gasteiger partial charge is 0.469 e. The molecule has 0 aliphatic heterocycles. The first kappa shape index (κ1) is 23.7. The van der Waals surface area contributed by atoms with Gasteiger partial charge in [-0.2, -0.15) is 0 Å². The molecule has 0 saturated heterocycles. The molecule has 150 valence electrons. The fourth-order valence-corrected chi connectivity index (χ4v) is 2.37. The van der Waals surface area contributed by atoms with Crippen molar-refractivity contribution in [2.24, 2.45) is 4.99 Å². The summed E-state index contributed by atoms with van der Waals surface area (Å²) in [6, 6.07) is 8.25. The number of rotatable bonds is 8. The second-order valence-corrected chi connectivity index (χ2v) is 6.50. The van der Waals surface area contributed by atoms with Crippen LogP contribution in [0.1, 0.15) is 37.7 Å². The first-order valence-electron chi connectivity index (χ1n) is 8.69. The molecule has 2 atom stereocenters. The molecule has 0 spiro atoms. The molecule has 0 radical (unpaired) electrons. The van der Waals surface area contributed by atoms with Gasteiger partial charge < -0.3 is 20.2 Å². The van der Waals surface area contributed by atoms with Gasteiger partial charge in [0.2, 0.25) is 0 Å². The maximum atomic E-state index is 13.5. The lowest BCUT2D eigenvalue weighted by Gasteiger charge is -2.18. The molecule has 2 aromatic rings. The number of benzene rings is 1. The molecule has 0 aliphatic rings. The highest BCUT2D eigenvalue weighted by Crippen LogP contribution is 2.20. The van der Waals surface area contributed by atoms with Crippen molar-refractivity contribution in [3.05, 3.63) is 58.8 Å². The predicted molar refractivity (Wildman–Crippen MR) is 117 cm³/mol. The van der Waals surface area contributed by atoms with E-state index < -0.39 is 11.9 Å². The SMILES string of the molecule is CCC(C)NC(=NCC(O)c1ccc(Cl)c(F)c1)NCCc1ccco1.I. The molecular weight excluding hydrogens is 484 g/mol. The quantitative estimate of drug-likeness (QED) is 0.282. The van der Waals surface area contributed by atoms with E-state index in [9.17, 15) is 9.50 Å². The van der Waals surface area contributed by atoms with Crippen molar-refractivity contribution in [3.63, 3.8) is 0 Å². The number of halogens is 3. The van der Waals surface area contributed by atoms with Crippen LogP contribution < -0.4 is 10.6 Å². The lowest BCUT2D eigenvalue weighted by molar-refractivity contribution is 0.186. The Kier molecular flexibility index (Phi) is 10.7. The molecular formula is C19H26ClFIN3O2.